The highest BCUT2D eigenvalue weighted by Crippen LogP contribution is 2.23. The highest BCUT2D eigenvalue weighted by Gasteiger charge is 2.09. The first-order valence-electron chi connectivity index (χ1n) is 9.37. The smallest absolute Gasteiger partial charge is 0.226 e. The zero-order valence-corrected chi connectivity index (χ0v) is 16.6. The van der Waals surface area contributed by atoms with Crippen molar-refractivity contribution in [3.8, 4) is 16.3 Å². The lowest BCUT2D eigenvalue weighted by molar-refractivity contribution is -0.120. The second-order valence-electron chi connectivity index (χ2n) is 6.45. The van der Waals surface area contributed by atoms with Gasteiger partial charge < -0.3 is 10.1 Å². The van der Waals surface area contributed by atoms with Crippen LogP contribution < -0.4 is 10.1 Å². The molecular formula is C22H20N4O2S. The highest BCUT2D eigenvalue weighted by atomic mass is 32.1. The quantitative estimate of drug-likeness (QED) is 0.451. The van der Waals surface area contributed by atoms with Crippen molar-refractivity contribution in [3.05, 3.63) is 72.1 Å². The minimum Gasteiger partial charge on any atom is -0.491 e. The summed E-state index contributed by atoms with van der Waals surface area (Å²) in [6.07, 6.45) is 6.24. The summed E-state index contributed by atoms with van der Waals surface area (Å²) in [6, 6.07) is 13.6. The zero-order valence-electron chi connectivity index (χ0n) is 15.7. The fourth-order valence-corrected chi connectivity index (χ4v) is 3.72. The predicted octanol–water partition coefficient (Wildman–Crippen LogP) is 3.88. The van der Waals surface area contributed by atoms with Gasteiger partial charge in [0.15, 0.2) is 0 Å². The lowest BCUT2D eigenvalue weighted by atomic mass is 10.2. The van der Waals surface area contributed by atoms with Gasteiger partial charge in [-0.1, -0.05) is 18.2 Å². The molecule has 6 nitrogen and oxygen atoms in total. The number of nitrogens with zero attached hydrogens (tertiary/aromatic N) is 3. The maximum Gasteiger partial charge on any atom is 0.226 e. The van der Waals surface area contributed by atoms with Crippen LogP contribution >= 0.6 is 11.3 Å². The Kier molecular flexibility index (Phi) is 6.07. The van der Waals surface area contributed by atoms with Crippen molar-refractivity contribution in [1.82, 2.24) is 20.3 Å². The van der Waals surface area contributed by atoms with Crippen LogP contribution in [-0.2, 0) is 11.2 Å². The minimum atomic E-state index is -0.0418. The maximum atomic E-state index is 12.2. The largest absolute Gasteiger partial charge is 0.491 e. The number of hydrogen-bond acceptors (Lipinski definition) is 6. The van der Waals surface area contributed by atoms with E-state index in [0.29, 0.717) is 19.6 Å². The van der Waals surface area contributed by atoms with Gasteiger partial charge in [0.05, 0.1) is 18.7 Å². The first kappa shape index (κ1) is 19.0. The van der Waals surface area contributed by atoms with E-state index >= 15 is 0 Å². The molecule has 1 amide bonds. The Hall–Kier alpha value is -3.32. The molecular weight excluding hydrogens is 384 g/mol. The molecule has 0 unspecified atom stereocenters. The van der Waals surface area contributed by atoms with Crippen molar-refractivity contribution in [1.29, 1.82) is 0 Å². The molecule has 4 aromatic rings. The number of fused-ring (bicyclic) bond motifs is 1. The summed E-state index contributed by atoms with van der Waals surface area (Å²) in [5, 5.41) is 6.76. The van der Waals surface area contributed by atoms with Crippen molar-refractivity contribution >= 4 is 28.1 Å². The van der Waals surface area contributed by atoms with Gasteiger partial charge >= 0.3 is 0 Å². The summed E-state index contributed by atoms with van der Waals surface area (Å²) in [5.41, 5.74) is 2.58. The van der Waals surface area contributed by atoms with Gasteiger partial charge in [0.25, 0.3) is 0 Å². The van der Waals surface area contributed by atoms with Crippen LogP contribution in [0.25, 0.3) is 21.5 Å². The molecule has 0 saturated carbocycles. The number of benzene rings is 1. The summed E-state index contributed by atoms with van der Waals surface area (Å²) in [7, 11) is 0. The predicted molar refractivity (Wildman–Crippen MR) is 114 cm³/mol. The number of hydrogen-bond donors (Lipinski definition) is 1. The summed E-state index contributed by atoms with van der Waals surface area (Å²) in [5.74, 6) is 0.722. The van der Waals surface area contributed by atoms with Gasteiger partial charge in [0.1, 0.15) is 16.3 Å². The topological polar surface area (TPSA) is 77.0 Å². The van der Waals surface area contributed by atoms with Crippen molar-refractivity contribution in [2.45, 2.75) is 12.8 Å². The second-order valence-corrected chi connectivity index (χ2v) is 7.30. The molecule has 1 aromatic carbocycles. The summed E-state index contributed by atoms with van der Waals surface area (Å²) in [4.78, 5) is 25.1. The minimum absolute atomic E-state index is 0.0418. The van der Waals surface area contributed by atoms with Crippen LogP contribution in [0, 0.1) is 0 Å². The zero-order chi connectivity index (χ0) is 19.9. The molecule has 146 valence electrons. The van der Waals surface area contributed by atoms with Crippen molar-refractivity contribution in [2.75, 3.05) is 13.2 Å². The lowest BCUT2D eigenvalue weighted by Gasteiger charge is -2.09. The van der Waals surface area contributed by atoms with E-state index < -0.39 is 0 Å². The molecule has 3 aromatic heterocycles. The number of pyridine rings is 2. The number of carbonyl (C=O) groups is 1. The Bertz CT molecular complexity index is 1090. The molecule has 0 radical (unpaired) electrons. The average molecular weight is 404 g/mol. The van der Waals surface area contributed by atoms with E-state index in [0.717, 1.165) is 32.9 Å². The average Bonchev–Trinajstić information content (AvgIpc) is 3.22. The van der Waals surface area contributed by atoms with Crippen LogP contribution in [0.15, 0.2) is 66.4 Å². The molecule has 0 saturated heterocycles. The van der Waals surface area contributed by atoms with Gasteiger partial charge in [0, 0.05) is 41.5 Å². The molecule has 29 heavy (non-hydrogen) atoms. The molecule has 0 aliphatic rings. The van der Waals surface area contributed by atoms with Crippen LogP contribution in [0.3, 0.4) is 0 Å². The number of aromatic nitrogens is 3. The molecule has 0 aliphatic carbocycles. The van der Waals surface area contributed by atoms with Gasteiger partial charge in [-0.2, -0.15) is 0 Å². The van der Waals surface area contributed by atoms with Crippen LogP contribution in [-0.4, -0.2) is 34.0 Å². The lowest BCUT2D eigenvalue weighted by Crippen LogP contribution is -2.27. The fraction of sp³-hybridized carbons (Fsp3) is 0.182. The molecule has 0 spiro atoms. The van der Waals surface area contributed by atoms with Crippen LogP contribution in [0.1, 0.15) is 12.1 Å². The Morgan fingerprint density at radius 3 is 2.90 bits per heavy atom. The Labute approximate surface area is 172 Å². The number of nitrogens with one attached hydrogen (secondary N) is 1. The van der Waals surface area contributed by atoms with Gasteiger partial charge in [-0.15, -0.1) is 11.3 Å². The first-order chi connectivity index (χ1) is 14.3. The number of para-hydroxylation sites is 1. The summed E-state index contributed by atoms with van der Waals surface area (Å²) >= 11 is 1.52. The third-order valence-electron chi connectivity index (χ3n) is 4.30. The van der Waals surface area contributed by atoms with E-state index in [-0.39, 0.29) is 12.3 Å². The molecule has 0 aliphatic heterocycles. The number of amides is 1. The van der Waals surface area contributed by atoms with E-state index in [2.05, 4.69) is 20.3 Å². The van der Waals surface area contributed by atoms with Crippen LogP contribution in [0.2, 0.25) is 0 Å². The van der Waals surface area contributed by atoms with E-state index in [9.17, 15) is 4.79 Å². The maximum absolute atomic E-state index is 12.2. The van der Waals surface area contributed by atoms with Crippen molar-refractivity contribution < 1.29 is 9.53 Å². The third-order valence-corrected chi connectivity index (χ3v) is 5.24. The number of carbonyl (C=O) groups excluding carboxylic acids is 1. The van der Waals surface area contributed by atoms with E-state index in [1.807, 2.05) is 47.8 Å². The fourth-order valence-electron chi connectivity index (χ4n) is 2.91. The van der Waals surface area contributed by atoms with Gasteiger partial charge in [-0.3, -0.25) is 14.8 Å². The monoisotopic (exact) mass is 404 g/mol. The SMILES string of the molecule is O=C(Cc1csc(-c2cccnc2)n1)NCCCOc1cccc2cccnc12. The van der Waals surface area contributed by atoms with E-state index in [1.54, 1.807) is 18.6 Å². The standard InChI is InChI=1S/C22H20N4O2S/c27-20(13-18-15-29-22(26-18)17-7-2-9-23-14-17)24-11-4-12-28-19-8-1-5-16-6-3-10-25-21(16)19/h1-3,5-10,14-15H,4,11-13H2,(H,24,27). The number of thiazole rings is 1. The molecule has 1 N–H and O–H groups in total. The molecule has 0 bridgehead atoms. The number of rotatable bonds is 8. The second kappa shape index (κ2) is 9.25. The third kappa shape index (κ3) is 4.94. The Balaban J connectivity index is 1.21. The number of ether oxygens (including phenoxy) is 1. The van der Waals surface area contributed by atoms with Crippen LogP contribution in [0.4, 0.5) is 0 Å². The van der Waals surface area contributed by atoms with Gasteiger partial charge in [-0.05, 0) is 30.7 Å². The molecule has 7 heteroatoms. The van der Waals surface area contributed by atoms with Crippen molar-refractivity contribution in [2.24, 2.45) is 0 Å². The first-order valence-corrected chi connectivity index (χ1v) is 10.3. The van der Waals surface area contributed by atoms with Gasteiger partial charge in [0.2, 0.25) is 5.91 Å². The van der Waals surface area contributed by atoms with Crippen molar-refractivity contribution in [3.63, 3.8) is 0 Å². The Morgan fingerprint density at radius 1 is 1.10 bits per heavy atom. The molecule has 3 heterocycles. The van der Waals surface area contributed by atoms with Crippen LogP contribution in [0.5, 0.6) is 5.75 Å². The van der Waals surface area contributed by atoms with E-state index in [1.165, 1.54) is 11.3 Å². The van der Waals surface area contributed by atoms with E-state index in [4.69, 9.17) is 4.74 Å². The molecule has 0 fully saturated rings. The summed E-state index contributed by atoms with van der Waals surface area (Å²) < 4.78 is 5.84. The van der Waals surface area contributed by atoms with Gasteiger partial charge in [-0.25, -0.2) is 4.98 Å². The Morgan fingerprint density at radius 2 is 2.00 bits per heavy atom. The molecule has 4 rings (SSSR count). The molecule has 0 atom stereocenters. The highest BCUT2D eigenvalue weighted by molar-refractivity contribution is 7.13. The summed E-state index contributed by atoms with van der Waals surface area (Å²) in [6.45, 7) is 1.06. The normalized spacial score (nSPS) is 10.8.